The number of hydrogen-bond acceptors (Lipinski definition) is 5. The Balaban J connectivity index is 1.92. The van der Waals surface area contributed by atoms with Crippen LogP contribution in [0, 0.1) is 23.0 Å². The maximum atomic E-state index is 13.9. The number of nitrogens with two attached hydrogens (primary N) is 2. The van der Waals surface area contributed by atoms with Crippen LogP contribution in [-0.2, 0) is 29.0 Å². The zero-order valence-electron chi connectivity index (χ0n) is 20.0. The molecule has 7 nitrogen and oxygen atoms in total. The maximum absolute atomic E-state index is 13.9. The standard InChI is InChI=1S/C27H31F2N3O4/c1-2-16-4-3-5-17(8-16)14-32-15-24(34)22(11-18-9-19(28)12-20(29)10-18)27(26(31)36)7-6-23(33)21(13-27)25(30)35/h3-10,12,22,24,32-34H,2,11,13-15H2,1H3,(H2,30,35)(H2,31,36)/t22-,24+,27?/m1/s1. The van der Waals surface area contributed by atoms with Crippen molar-refractivity contribution in [3.05, 3.63) is 94.3 Å². The van der Waals surface area contributed by atoms with Crippen LogP contribution in [0.5, 0.6) is 0 Å². The van der Waals surface area contributed by atoms with Gasteiger partial charge in [0.05, 0.1) is 17.1 Å². The van der Waals surface area contributed by atoms with Gasteiger partial charge in [-0.1, -0.05) is 37.3 Å². The lowest BCUT2D eigenvalue weighted by Gasteiger charge is -2.40. The topological polar surface area (TPSA) is 139 Å². The van der Waals surface area contributed by atoms with Crippen LogP contribution >= 0.6 is 0 Å². The molecule has 2 aromatic rings. The van der Waals surface area contributed by atoms with Crippen molar-refractivity contribution in [1.29, 1.82) is 0 Å². The summed E-state index contributed by atoms with van der Waals surface area (Å²) in [6.07, 6.45) is 1.62. The highest BCUT2D eigenvalue weighted by Crippen LogP contribution is 2.43. The van der Waals surface area contributed by atoms with Crippen LogP contribution in [0.15, 0.2) is 65.9 Å². The number of primary amides is 2. The monoisotopic (exact) mass is 499 g/mol. The molecule has 1 aliphatic rings. The smallest absolute Gasteiger partial charge is 0.248 e. The van der Waals surface area contributed by atoms with Crippen molar-refractivity contribution in [2.45, 2.75) is 38.8 Å². The van der Waals surface area contributed by atoms with E-state index in [0.29, 0.717) is 6.54 Å². The van der Waals surface area contributed by atoms with Gasteiger partial charge < -0.3 is 27.0 Å². The van der Waals surface area contributed by atoms with Gasteiger partial charge in [0.1, 0.15) is 17.4 Å². The number of allylic oxidation sites excluding steroid dienone is 1. The molecule has 1 aliphatic carbocycles. The molecule has 192 valence electrons. The van der Waals surface area contributed by atoms with Gasteiger partial charge in [-0.25, -0.2) is 8.78 Å². The molecule has 1 unspecified atom stereocenters. The molecule has 2 amide bonds. The van der Waals surface area contributed by atoms with Crippen molar-refractivity contribution < 1.29 is 28.6 Å². The number of benzene rings is 2. The number of aliphatic hydroxyl groups excluding tert-OH is 2. The second-order valence-corrected chi connectivity index (χ2v) is 9.10. The van der Waals surface area contributed by atoms with E-state index >= 15 is 0 Å². The fraction of sp³-hybridized carbons (Fsp3) is 0.333. The van der Waals surface area contributed by atoms with E-state index in [-0.39, 0.29) is 30.5 Å². The lowest BCUT2D eigenvalue weighted by atomic mass is 9.64. The highest BCUT2D eigenvalue weighted by atomic mass is 19.1. The van der Waals surface area contributed by atoms with Crippen LogP contribution in [0.4, 0.5) is 8.78 Å². The quantitative estimate of drug-likeness (QED) is 0.323. The number of aliphatic hydroxyl groups is 2. The van der Waals surface area contributed by atoms with E-state index in [9.17, 15) is 28.6 Å². The Kier molecular flexibility index (Phi) is 8.60. The molecule has 0 spiro atoms. The average Bonchev–Trinajstić information content (AvgIpc) is 2.82. The van der Waals surface area contributed by atoms with E-state index in [0.717, 1.165) is 41.8 Å². The highest BCUT2D eigenvalue weighted by Gasteiger charge is 2.48. The third kappa shape index (κ3) is 6.16. The molecule has 7 N–H and O–H groups in total. The Morgan fingerprint density at radius 3 is 2.36 bits per heavy atom. The third-order valence-corrected chi connectivity index (χ3v) is 6.66. The van der Waals surface area contributed by atoms with Crippen LogP contribution in [0.1, 0.15) is 30.0 Å². The zero-order valence-corrected chi connectivity index (χ0v) is 20.0. The summed E-state index contributed by atoms with van der Waals surface area (Å²) in [6.45, 7) is 2.49. The lowest BCUT2D eigenvalue weighted by molar-refractivity contribution is -0.130. The zero-order chi connectivity index (χ0) is 26.5. The summed E-state index contributed by atoms with van der Waals surface area (Å²) in [7, 11) is 0. The van der Waals surface area contributed by atoms with Crippen molar-refractivity contribution in [3.63, 3.8) is 0 Å². The molecule has 2 aromatic carbocycles. The molecule has 0 bridgehead atoms. The first-order valence-corrected chi connectivity index (χ1v) is 11.7. The van der Waals surface area contributed by atoms with Gasteiger partial charge in [0.15, 0.2) is 0 Å². The van der Waals surface area contributed by atoms with Gasteiger partial charge in [-0.2, -0.15) is 0 Å². The van der Waals surface area contributed by atoms with E-state index in [1.54, 1.807) is 0 Å². The van der Waals surface area contributed by atoms with E-state index in [1.807, 2.05) is 31.2 Å². The minimum Gasteiger partial charge on any atom is -0.507 e. The summed E-state index contributed by atoms with van der Waals surface area (Å²) in [6, 6.07) is 10.9. The van der Waals surface area contributed by atoms with Crippen LogP contribution in [-0.4, -0.2) is 34.7 Å². The molecule has 0 aliphatic heterocycles. The Morgan fingerprint density at radius 1 is 1.08 bits per heavy atom. The van der Waals surface area contributed by atoms with Gasteiger partial charge in [0.2, 0.25) is 11.8 Å². The molecular weight excluding hydrogens is 468 g/mol. The number of amides is 2. The van der Waals surface area contributed by atoms with Crippen LogP contribution < -0.4 is 16.8 Å². The van der Waals surface area contributed by atoms with Gasteiger partial charge in [-0.15, -0.1) is 0 Å². The maximum Gasteiger partial charge on any atom is 0.248 e. The third-order valence-electron chi connectivity index (χ3n) is 6.66. The number of carbonyl (C=O) groups is 2. The number of halogens is 2. The van der Waals surface area contributed by atoms with Gasteiger partial charge >= 0.3 is 0 Å². The second-order valence-electron chi connectivity index (χ2n) is 9.10. The van der Waals surface area contributed by atoms with Crippen molar-refractivity contribution in [1.82, 2.24) is 5.32 Å². The first kappa shape index (κ1) is 27.0. The number of carbonyl (C=O) groups excluding carboxylic acids is 2. The molecule has 3 atom stereocenters. The molecule has 0 saturated heterocycles. The molecule has 9 heteroatoms. The summed E-state index contributed by atoms with van der Waals surface area (Å²) in [5.74, 6) is -4.85. The number of aryl methyl sites for hydroxylation is 1. The van der Waals surface area contributed by atoms with Crippen LogP contribution in [0.3, 0.4) is 0 Å². The Labute approximate surface area is 208 Å². The first-order chi connectivity index (χ1) is 17.1. The first-order valence-electron chi connectivity index (χ1n) is 11.7. The van der Waals surface area contributed by atoms with Gasteiger partial charge in [0.25, 0.3) is 0 Å². The molecule has 0 radical (unpaired) electrons. The number of nitrogens with one attached hydrogen (secondary N) is 1. The molecule has 0 fully saturated rings. The average molecular weight is 500 g/mol. The summed E-state index contributed by atoms with van der Waals surface area (Å²) in [5.41, 5.74) is 11.7. The minimum atomic E-state index is -1.65. The van der Waals surface area contributed by atoms with Crippen molar-refractivity contribution in [2.24, 2.45) is 22.8 Å². The molecule has 3 rings (SSSR count). The second kappa shape index (κ2) is 11.5. The van der Waals surface area contributed by atoms with Crippen molar-refractivity contribution >= 4 is 11.8 Å². The summed E-state index contributed by atoms with van der Waals surface area (Å²) in [4.78, 5) is 24.8. The molecular formula is C27H31F2N3O4. The molecule has 36 heavy (non-hydrogen) atoms. The number of rotatable bonds is 11. The lowest BCUT2D eigenvalue weighted by Crippen LogP contribution is -2.51. The Hall–Kier alpha value is -3.56. The fourth-order valence-corrected chi connectivity index (χ4v) is 4.70. The Bertz CT molecular complexity index is 1180. The SMILES string of the molecule is CCc1cccc(CNC[C@H](O)[C@@H](Cc2cc(F)cc(F)c2)C2(C(N)=O)C=CC(O)=C(C(N)=O)C2)c1. The number of hydrogen-bond donors (Lipinski definition) is 5. The van der Waals surface area contributed by atoms with E-state index in [1.165, 1.54) is 6.08 Å². The van der Waals surface area contributed by atoms with E-state index < -0.39 is 46.6 Å². The summed E-state index contributed by atoms with van der Waals surface area (Å²) < 4.78 is 27.8. The normalized spacial score (nSPS) is 19.2. The van der Waals surface area contributed by atoms with E-state index in [4.69, 9.17) is 11.5 Å². The minimum absolute atomic E-state index is 0.0172. The molecule has 0 aromatic heterocycles. The Morgan fingerprint density at radius 2 is 1.75 bits per heavy atom. The highest BCUT2D eigenvalue weighted by molar-refractivity contribution is 5.96. The van der Waals surface area contributed by atoms with Crippen molar-refractivity contribution in [2.75, 3.05) is 6.54 Å². The predicted octanol–water partition coefficient (Wildman–Crippen LogP) is 2.57. The van der Waals surface area contributed by atoms with Crippen molar-refractivity contribution in [3.8, 4) is 0 Å². The van der Waals surface area contributed by atoms with E-state index in [2.05, 4.69) is 5.32 Å². The van der Waals surface area contributed by atoms with Gasteiger partial charge in [-0.05, 0) is 54.2 Å². The fourth-order valence-electron chi connectivity index (χ4n) is 4.70. The summed E-state index contributed by atoms with van der Waals surface area (Å²) >= 11 is 0. The van der Waals surface area contributed by atoms with Gasteiger partial charge in [-0.3, -0.25) is 9.59 Å². The van der Waals surface area contributed by atoms with Gasteiger partial charge in [0, 0.05) is 25.1 Å². The summed E-state index contributed by atoms with van der Waals surface area (Å²) in [5, 5.41) is 24.5. The molecule has 0 saturated carbocycles. The predicted molar refractivity (Wildman–Crippen MR) is 131 cm³/mol. The van der Waals surface area contributed by atoms with Crippen LogP contribution in [0.2, 0.25) is 0 Å². The largest absolute Gasteiger partial charge is 0.507 e. The van der Waals surface area contributed by atoms with Crippen LogP contribution in [0.25, 0.3) is 0 Å². The molecule has 0 heterocycles.